The molecule has 2 atom stereocenters. The van der Waals surface area contributed by atoms with Crippen molar-refractivity contribution in [2.24, 2.45) is 0 Å². The van der Waals surface area contributed by atoms with Gasteiger partial charge in [0.15, 0.2) is 0 Å². The number of hydrogen-bond acceptors (Lipinski definition) is 2. The smallest absolute Gasteiger partial charge is 0.0598 e. The van der Waals surface area contributed by atoms with E-state index in [0.717, 1.165) is 17.8 Å². The highest BCUT2D eigenvalue weighted by Gasteiger charge is 2.26. The highest BCUT2D eigenvalue weighted by atomic mass is 32.2. The Morgan fingerprint density at radius 2 is 2.33 bits per heavy atom. The second-order valence-electron chi connectivity index (χ2n) is 3.44. The average Bonchev–Trinajstić information content (AvgIpc) is 2.52. The Morgan fingerprint density at radius 1 is 1.58 bits per heavy atom. The maximum absolute atomic E-state index is 5.27. The second kappa shape index (κ2) is 4.79. The minimum absolute atomic E-state index is 0.735. The first-order valence-electron chi connectivity index (χ1n) is 4.44. The van der Waals surface area contributed by atoms with E-state index in [4.69, 9.17) is 6.42 Å². The van der Waals surface area contributed by atoms with E-state index in [2.05, 4.69) is 24.1 Å². The van der Waals surface area contributed by atoms with Crippen molar-refractivity contribution >= 4 is 11.8 Å². The van der Waals surface area contributed by atoms with E-state index in [9.17, 15) is 0 Å². The summed E-state index contributed by atoms with van der Waals surface area (Å²) in [4.78, 5) is 2.30. The molecule has 12 heavy (non-hydrogen) atoms. The van der Waals surface area contributed by atoms with Crippen molar-refractivity contribution in [2.45, 2.75) is 30.6 Å². The van der Waals surface area contributed by atoms with Crippen LogP contribution in [0.3, 0.4) is 0 Å². The van der Waals surface area contributed by atoms with Gasteiger partial charge in [0.25, 0.3) is 0 Å². The predicted octanol–water partition coefficient (Wildman–Crippen LogP) is 1.84. The molecule has 0 aromatic carbocycles. The van der Waals surface area contributed by atoms with Gasteiger partial charge in [0.05, 0.1) is 6.54 Å². The van der Waals surface area contributed by atoms with E-state index in [0.29, 0.717) is 0 Å². The van der Waals surface area contributed by atoms with Crippen LogP contribution >= 0.6 is 11.8 Å². The second-order valence-corrected chi connectivity index (χ2v) is 4.58. The fraction of sp³-hybridized carbons (Fsp3) is 0.800. The van der Waals surface area contributed by atoms with Crippen LogP contribution in [0.15, 0.2) is 0 Å². The molecule has 2 heteroatoms. The molecule has 0 spiro atoms. The van der Waals surface area contributed by atoms with Crippen LogP contribution in [0.2, 0.25) is 0 Å². The number of thioether (sulfide) groups is 1. The summed E-state index contributed by atoms with van der Waals surface area (Å²) < 4.78 is 0. The molecule has 1 fully saturated rings. The van der Waals surface area contributed by atoms with Gasteiger partial charge >= 0.3 is 0 Å². The number of nitrogens with zero attached hydrogens (tertiary/aromatic N) is 1. The van der Waals surface area contributed by atoms with Crippen LogP contribution < -0.4 is 0 Å². The molecule has 1 aliphatic carbocycles. The fourth-order valence-corrected chi connectivity index (χ4v) is 2.59. The summed E-state index contributed by atoms with van der Waals surface area (Å²) in [5.74, 6) is 2.70. The molecular weight excluding hydrogens is 166 g/mol. The maximum Gasteiger partial charge on any atom is 0.0598 e. The van der Waals surface area contributed by atoms with Gasteiger partial charge in [-0.25, -0.2) is 0 Å². The minimum atomic E-state index is 0.735. The van der Waals surface area contributed by atoms with Crippen LogP contribution in [0.25, 0.3) is 0 Å². The summed E-state index contributed by atoms with van der Waals surface area (Å²) in [7, 11) is 2.13. The van der Waals surface area contributed by atoms with Crippen molar-refractivity contribution in [3.8, 4) is 12.3 Å². The Bertz CT molecular complexity index is 173. The number of terminal acetylenes is 1. The van der Waals surface area contributed by atoms with E-state index in [1.54, 1.807) is 0 Å². The Morgan fingerprint density at radius 3 is 2.83 bits per heavy atom. The quantitative estimate of drug-likeness (QED) is 0.614. The first-order chi connectivity index (χ1) is 5.77. The Balaban J connectivity index is 2.31. The molecule has 0 radical (unpaired) electrons. The summed E-state index contributed by atoms with van der Waals surface area (Å²) in [5, 5.41) is 0.871. The first-order valence-corrected chi connectivity index (χ1v) is 5.73. The summed E-state index contributed by atoms with van der Waals surface area (Å²) in [6, 6.07) is 0.735. The molecule has 0 N–H and O–H groups in total. The lowest BCUT2D eigenvalue weighted by atomic mass is 10.2. The van der Waals surface area contributed by atoms with E-state index >= 15 is 0 Å². The third-order valence-corrected chi connectivity index (χ3v) is 3.75. The van der Waals surface area contributed by atoms with Gasteiger partial charge in [-0.2, -0.15) is 11.8 Å². The van der Waals surface area contributed by atoms with E-state index in [1.165, 1.54) is 19.3 Å². The summed E-state index contributed by atoms with van der Waals surface area (Å²) in [6.07, 6.45) is 11.5. The van der Waals surface area contributed by atoms with Crippen LogP contribution in [0.4, 0.5) is 0 Å². The Kier molecular flexibility index (Phi) is 3.97. The van der Waals surface area contributed by atoms with Gasteiger partial charge in [-0.1, -0.05) is 5.92 Å². The predicted molar refractivity (Wildman–Crippen MR) is 56.4 cm³/mol. The van der Waals surface area contributed by atoms with E-state index in [1.807, 2.05) is 11.8 Å². The van der Waals surface area contributed by atoms with Crippen molar-refractivity contribution in [3.05, 3.63) is 0 Å². The normalized spacial score (nSPS) is 29.2. The maximum atomic E-state index is 5.27. The average molecular weight is 183 g/mol. The lowest BCUT2D eigenvalue weighted by Crippen LogP contribution is -2.29. The summed E-state index contributed by atoms with van der Waals surface area (Å²) in [5.41, 5.74) is 0. The topological polar surface area (TPSA) is 3.24 Å². The molecule has 0 aliphatic heterocycles. The van der Waals surface area contributed by atoms with Gasteiger partial charge in [-0.05, 0) is 32.6 Å². The van der Waals surface area contributed by atoms with E-state index < -0.39 is 0 Å². The van der Waals surface area contributed by atoms with Crippen molar-refractivity contribution in [1.82, 2.24) is 4.90 Å². The Hall–Kier alpha value is -0.130. The van der Waals surface area contributed by atoms with Crippen LogP contribution in [0.5, 0.6) is 0 Å². The SMILES string of the molecule is C#CCN(C)C1CCC(SC)C1. The van der Waals surface area contributed by atoms with Crippen molar-refractivity contribution in [1.29, 1.82) is 0 Å². The van der Waals surface area contributed by atoms with Gasteiger partial charge in [0.2, 0.25) is 0 Å². The zero-order valence-corrected chi connectivity index (χ0v) is 8.73. The highest BCUT2D eigenvalue weighted by Crippen LogP contribution is 2.30. The lowest BCUT2D eigenvalue weighted by molar-refractivity contribution is 0.275. The van der Waals surface area contributed by atoms with Gasteiger partial charge in [-0.3, -0.25) is 4.90 Å². The first kappa shape index (κ1) is 9.95. The molecule has 1 nitrogen and oxygen atoms in total. The van der Waals surface area contributed by atoms with Crippen molar-refractivity contribution in [3.63, 3.8) is 0 Å². The summed E-state index contributed by atoms with van der Waals surface area (Å²) in [6.45, 7) is 0.797. The van der Waals surface area contributed by atoms with Gasteiger partial charge in [0, 0.05) is 11.3 Å². The molecule has 1 rings (SSSR count). The van der Waals surface area contributed by atoms with Gasteiger partial charge in [0.1, 0.15) is 0 Å². The molecular formula is C10H17NS. The highest BCUT2D eigenvalue weighted by molar-refractivity contribution is 7.99. The molecule has 0 heterocycles. The van der Waals surface area contributed by atoms with Crippen LogP contribution in [0.1, 0.15) is 19.3 Å². The van der Waals surface area contributed by atoms with Crippen LogP contribution in [-0.4, -0.2) is 36.0 Å². The number of rotatable bonds is 3. The third kappa shape index (κ3) is 2.43. The molecule has 0 saturated heterocycles. The van der Waals surface area contributed by atoms with Gasteiger partial charge < -0.3 is 0 Å². The molecule has 2 unspecified atom stereocenters. The van der Waals surface area contributed by atoms with Crippen molar-refractivity contribution < 1.29 is 0 Å². The lowest BCUT2D eigenvalue weighted by Gasteiger charge is -2.21. The molecule has 1 saturated carbocycles. The molecule has 0 aromatic heterocycles. The molecule has 0 aromatic rings. The fourth-order valence-electron chi connectivity index (χ4n) is 1.80. The van der Waals surface area contributed by atoms with Crippen LogP contribution in [0, 0.1) is 12.3 Å². The summed E-state index contributed by atoms with van der Waals surface area (Å²) >= 11 is 1.99. The third-order valence-electron chi connectivity index (χ3n) is 2.65. The van der Waals surface area contributed by atoms with E-state index in [-0.39, 0.29) is 0 Å². The standard InChI is InChI=1S/C10H17NS/c1-4-7-11(2)9-5-6-10(8-9)12-3/h1,9-10H,5-8H2,2-3H3. The monoisotopic (exact) mass is 183 g/mol. The molecule has 68 valence electrons. The molecule has 0 amide bonds. The molecule has 1 aliphatic rings. The minimum Gasteiger partial charge on any atom is -0.292 e. The van der Waals surface area contributed by atoms with Gasteiger partial charge in [-0.15, -0.1) is 6.42 Å². The molecule has 0 bridgehead atoms. The number of hydrogen-bond donors (Lipinski definition) is 0. The largest absolute Gasteiger partial charge is 0.292 e. The zero-order chi connectivity index (χ0) is 8.97. The zero-order valence-electron chi connectivity index (χ0n) is 7.92. The van der Waals surface area contributed by atoms with Crippen LogP contribution in [-0.2, 0) is 0 Å². The Labute approximate surface area is 79.9 Å². The van der Waals surface area contributed by atoms with Crippen molar-refractivity contribution in [2.75, 3.05) is 19.8 Å².